The molecule has 2 rings (SSSR count). The van der Waals surface area contributed by atoms with Gasteiger partial charge in [-0.1, -0.05) is 0 Å². The van der Waals surface area contributed by atoms with Gasteiger partial charge in [0.2, 0.25) is 5.28 Å². The van der Waals surface area contributed by atoms with E-state index in [4.69, 9.17) is 16.3 Å². The standard InChI is InChI=1S/C9H11ClN2O/c1-13-8-5-11-9(10)12-7(8)4-6-2-3-6/h5-6H,2-4H2,1H3. The highest BCUT2D eigenvalue weighted by atomic mass is 35.5. The first-order chi connectivity index (χ1) is 6.29. The summed E-state index contributed by atoms with van der Waals surface area (Å²) in [5.74, 6) is 1.52. The van der Waals surface area contributed by atoms with Gasteiger partial charge in [-0.15, -0.1) is 0 Å². The van der Waals surface area contributed by atoms with Crippen molar-refractivity contribution in [3.63, 3.8) is 0 Å². The molecule has 0 amide bonds. The maximum Gasteiger partial charge on any atom is 0.222 e. The molecule has 1 saturated carbocycles. The summed E-state index contributed by atoms with van der Waals surface area (Å²) in [5.41, 5.74) is 0.935. The van der Waals surface area contributed by atoms with Gasteiger partial charge in [0, 0.05) is 0 Å². The smallest absolute Gasteiger partial charge is 0.222 e. The third-order valence-electron chi connectivity index (χ3n) is 2.20. The topological polar surface area (TPSA) is 35.0 Å². The molecule has 0 unspecified atom stereocenters. The minimum atomic E-state index is 0.302. The highest BCUT2D eigenvalue weighted by Gasteiger charge is 2.24. The zero-order chi connectivity index (χ0) is 9.26. The van der Waals surface area contributed by atoms with E-state index in [0.717, 1.165) is 23.8 Å². The Hall–Kier alpha value is -0.830. The highest BCUT2D eigenvalue weighted by molar-refractivity contribution is 6.28. The second-order valence-electron chi connectivity index (χ2n) is 3.30. The Kier molecular flexibility index (Phi) is 2.36. The average molecular weight is 199 g/mol. The number of hydrogen-bond donors (Lipinski definition) is 0. The van der Waals surface area contributed by atoms with Gasteiger partial charge in [-0.25, -0.2) is 9.97 Å². The lowest BCUT2D eigenvalue weighted by Crippen LogP contribution is -1.99. The number of hydrogen-bond acceptors (Lipinski definition) is 3. The van der Waals surface area contributed by atoms with Crippen LogP contribution in [0.4, 0.5) is 0 Å². The Balaban J connectivity index is 2.22. The van der Waals surface area contributed by atoms with Gasteiger partial charge < -0.3 is 4.74 Å². The fraction of sp³-hybridized carbons (Fsp3) is 0.556. The molecule has 0 spiro atoms. The molecule has 13 heavy (non-hydrogen) atoms. The van der Waals surface area contributed by atoms with Crippen molar-refractivity contribution >= 4 is 11.6 Å². The number of halogens is 1. The summed E-state index contributed by atoms with van der Waals surface area (Å²) in [4.78, 5) is 8.02. The summed E-state index contributed by atoms with van der Waals surface area (Å²) >= 11 is 5.70. The summed E-state index contributed by atoms with van der Waals surface area (Å²) < 4.78 is 5.15. The van der Waals surface area contributed by atoms with Gasteiger partial charge >= 0.3 is 0 Å². The molecule has 1 aliphatic carbocycles. The largest absolute Gasteiger partial charge is 0.493 e. The summed E-state index contributed by atoms with van der Waals surface area (Å²) in [7, 11) is 1.63. The number of ether oxygens (including phenoxy) is 1. The van der Waals surface area contributed by atoms with Gasteiger partial charge in [0.15, 0.2) is 5.75 Å². The van der Waals surface area contributed by atoms with Crippen LogP contribution in [0.2, 0.25) is 5.28 Å². The number of rotatable bonds is 3. The average Bonchev–Trinajstić information content (AvgIpc) is 2.89. The SMILES string of the molecule is COc1cnc(Cl)nc1CC1CC1. The molecule has 0 N–H and O–H groups in total. The van der Waals surface area contributed by atoms with Crippen LogP contribution < -0.4 is 4.74 Å². The number of aromatic nitrogens is 2. The van der Waals surface area contributed by atoms with E-state index in [-0.39, 0.29) is 0 Å². The molecule has 1 aromatic heterocycles. The van der Waals surface area contributed by atoms with E-state index < -0.39 is 0 Å². The molecule has 1 aromatic rings. The predicted molar refractivity (Wildman–Crippen MR) is 50.0 cm³/mol. The van der Waals surface area contributed by atoms with Crippen LogP contribution in [0, 0.1) is 5.92 Å². The maximum absolute atomic E-state index is 5.70. The summed E-state index contributed by atoms with van der Waals surface area (Å²) in [6.45, 7) is 0. The molecule has 1 fully saturated rings. The van der Waals surface area contributed by atoms with E-state index in [1.54, 1.807) is 13.3 Å². The van der Waals surface area contributed by atoms with Crippen molar-refractivity contribution < 1.29 is 4.74 Å². The number of nitrogens with zero attached hydrogens (tertiary/aromatic N) is 2. The molecular formula is C9H11ClN2O. The lowest BCUT2D eigenvalue weighted by atomic mass is 10.2. The van der Waals surface area contributed by atoms with Crippen LogP contribution in [0.3, 0.4) is 0 Å². The Bertz CT molecular complexity index is 312. The van der Waals surface area contributed by atoms with Gasteiger partial charge in [0.25, 0.3) is 0 Å². The van der Waals surface area contributed by atoms with Gasteiger partial charge in [-0.2, -0.15) is 0 Å². The van der Waals surface area contributed by atoms with Gasteiger partial charge in [0.1, 0.15) is 0 Å². The van der Waals surface area contributed by atoms with Crippen LogP contribution in [0.15, 0.2) is 6.20 Å². The minimum Gasteiger partial charge on any atom is -0.493 e. The van der Waals surface area contributed by atoms with Crippen LogP contribution >= 0.6 is 11.6 Å². The molecule has 1 aliphatic rings. The van der Waals surface area contributed by atoms with Crippen LogP contribution in [0.1, 0.15) is 18.5 Å². The van der Waals surface area contributed by atoms with E-state index >= 15 is 0 Å². The minimum absolute atomic E-state index is 0.302. The molecule has 1 heterocycles. The zero-order valence-electron chi connectivity index (χ0n) is 7.46. The first-order valence-corrected chi connectivity index (χ1v) is 4.73. The summed E-state index contributed by atoms with van der Waals surface area (Å²) in [5, 5.41) is 0.302. The van der Waals surface area contributed by atoms with Crippen LogP contribution in [-0.2, 0) is 6.42 Å². The molecule has 0 bridgehead atoms. The Morgan fingerprint density at radius 1 is 1.62 bits per heavy atom. The lowest BCUT2D eigenvalue weighted by molar-refractivity contribution is 0.403. The van der Waals surface area contributed by atoms with Crippen molar-refractivity contribution in [3.8, 4) is 5.75 Å². The lowest BCUT2D eigenvalue weighted by Gasteiger charge is -2.05. The Morgan fingerprint density at radius 3 is 3.00 bits per heavy atom. The molecule has 3 nitrogen and oxygen atoms in total. The third-order valence-corrected chi connectivity index (χ3v) is 2.38. The monoisotopic (exact) mass is 198 g/mol. The van der Waals surface area contributed by atoms with Gasteiger partial charge in [-0.3, -0.25) is 0 Å². The van der Waals surface area contributed by atoms with E-state index in [9.17, 15) is 0 Å². The first-order valence-electron chi connectivity index (χ1n) is 4.35. The normalized spacial score (nSPS) is 15.8. The molecule has 0 atom stereocenters. The molecule has 0 aromatic carbocycles. The predicted octanol–water partition coefficient (Wildman–Crippen LogP) is 2.09. The third kappa shape index (κ3) is 2.10. The molecular weight excluding hydrogens is 188 g/mol. The van der Waals surface area contributed by atoms with Gasteiger partial charge in [0.05, 0.1) is 19.0 Å². The highest BCUT2D eigenvalue weighted by Crippen LogP contribution is 2.34. The van der Waals surface area contributed by atoms with Crippen molar-refractivity contribution in [3.05, 3.63) is 17.2 Å². The summed E-state index contributed by atoms with van der Waals surface area (Å²) in [6.07, 6.45) is 5.19. The van der Waals surface area contributed by atoms with E-state index in [2.05, 4.69) is 9.97 Å². The van der Waals surface area contributed by atoms with Crippen LogP contribution in [0.25, 0.3) is 0 Å². The fourth-order valence-electron chi connectivity index (χ4n) is 1.29. The first kappa shape index (κ1) is 8.75. The molecule has 0 aliphatic heterocycles. The Labute approximate surface area is 82.1 Å². The zero-order valence-corrected chi connectivity index (χ0v) is 8.21. The second kappa shape index (κ2) is 3.50. The Morgan fingerprint density at radius 2 is 2.38 bits per heavy atom. The van der Waals surface area contributed by atoms with Gasteiger partial charge in [-0.05, 0) is 36.8 Å². The van der Waals surface area contributed by atoms with E-state index in [1.165, 1.54) is 12.8 Å². The van der Waals surface area contributed by atoms with Crippen LogP contribution in [0.5, 0.6) is 5.75 Å². The second-order valence-corrected chi connectivity index (χ2v) is 3.64. The molecule has 0 radical (unpaired) electrons. The molecule has 70 valence electrons. The fourth-order valence-corrected chi connectivity index (χ4v) is 1.44. The summed E-state index contributed by atoms with van der Waals surface area (Å²) in [6, 6.07) is 0. The van der Waals surface area contributed by atoms with E-state index in [1.807, 2.05) is 0 Å². The number of methoxy groups -OCH3 is 1. The van der Waals surface area contributed by atoms with Crippen molar-refractivity contribution in [2.45, 2.75) is 19.3 Å². The van der Waals surface area contributed by atoms with Crippen LogP contribution in [-0.4, -0.2) is 17.1 Å². The quantitative estimate of drug-likeness (QED) is 0.698. The van der Waals surface area contributed by atoms with Crippen molar-refractivity contribution in [2.24, 2.45) is 5.92 Å². The van der Waals surface area contributed by atoms with E-state index in [0.29, 0.717) is 5.28 Å². The van der Waals surface area contributed by atoms with Crippen molar-refractivity contribution in [1.82, 2.24) is 9.97 Å². The van der Waals surface area contributed by atoms with Crippen molar-refractivity contribution in [1.29, 1.82) is 0 Å². The molecule has 4 heteroatoms. The maximum atomic E-state index is 5.70. The van der Waals surface area contributed by atoms with Crippen molar-refractivity contribution in [2.75, 3.05) is 7.11 Å². The molecule has 0 saturated heterocycles.